The summed E-state index contributed by atoms with van der Waals surface area (Å²) in [4.78, 5) is 0. The maximum Gasteiger partial charge on any atom is 0.169 e. The van der Waals surface area contributed by atoms with Crippen LogP contribution in [0.2, 0.25) is 0 Å². The Bertz CT molecular complexity index is 919. The van der Waals surface area contributed by atoms with Crippen LogP contribution in [0.15, 0.2) is 73.3 Å². The predicted molar refractivity (Wildman–Crippen MR) is 99.1 cm³/mol. The third-order valence-electron chi connectivity index (χ3n) is 3.52. The molecule has 0 atom stereocenters. The van der Waals surface area contributed by atoms with E-state index in [4.69, 9.17) is 0 Å². The molecule has 2 aromatic heterocycles. The molecule has 1 aromatic carbocycles. The van der Waals surface area contributed by atoms with E-state index in [-0.39, 0.29) is 84.7 Å². The van der Waals surface area contributed by atoms with Crippen molar-refractivity contribution in [2.75, 3.05) is 0 Å². The zero-order valence-corrected chi connectivity index (χ0v) is 23.3. The number of pyridine rings is 2. The topological polar surface area (TPSA) is 236 Å². The molecule has 0 amide bonds. The normalized spacial score (nSPS) is 6.65. The van der Waals surface area contributed by atoms with E-state index < -0.39 is 0 Å². The number of benzene rings is 1. The van der Waals surface area contributed by atoms with Gasteiger partial charge in [-0.3, -0.25) is 0 Å². The van der Waals surface area contributed by atoms with Crippen molar-refractivity contribution in [1.29, 1.82) is 0 Å². The van der Waals surface area contributed by atoms with Crippen LogP contribution >= 0.6 is 0 Å². The summed E-state index contributed by atoms with van der Waals surface area (Å²) < 4.78 is 3.98. The fourth-order valence-electron chi connectivity index (χ4n) is 2.13. The van der Waals surface area contributed by atoms with Gasteiger partial charge >= 0.3 is 0 Å². The van der Waals surface area contributed by atoms with E-state index in [2.05, 4.69) is 23.7 Å². The van der Waals surface area contributed by atoms with Gasteiger partial charge in [-0.25, -0.2) is 9.13 Å². The predicted octanol–water partition coefficient (Wildman–Crippen LogP) is 1.18. The first-order valence-electron chi connectivity index (χ1n) is 7.74. The molecule has 0 fully saturated rings. The fourth-order valence-corrected chi connectivity index (χ4v) is 2.13. The van der Waals surface area contributed by atoms with Gasteiger partial charge in [0.2, 0.25) is 0 Å². The molecule has 2 radical (unpaired) electrons. The number of rotatable bonds is 0. The van der Waals surface area contributed by atoms with Gasteiger partial charge in [-0.1, -0.05) is 29.7 Å². The summed E-state index contributed by atoms with van der Waals surface area (Å²) in [6, 6.07) is 16.0. The van der Waals surface area contributed by atoms with Gasteiger partial charge in [-0.2, -0.15) is 0 Å². The second kappa shape index (κ2) is 26.9. The summed E-state index contributed by atoms with van der Waals surface area (Å²) >= 11 is 0. The van der Waals surface area contributed by atoms with Crippen LogP contribution < -0.4 is 9.13 Å². The van der Waals surface area contributed by atoms with E-state index in [1.807, 2.05) is 96.5 Å². The van der Waals surface area contributed by atoms with E-state index in [1.54, 1.807) is 0 Å². The van der Waals surface area contributed by atoms with E-state index in [0.717, 1.165) is 22.3 Å². The number of nitrogens with zero attached hydrogens (tertiary/aromatic N) is 2. The monoisotopic (exact) mass is 812 g/mol. The molecular formula is C22H18N2O8Re2-14. The second-order valence-electron chi connectivity index (χ2n) is 5.59. The van der Waals surface area contributed by atoms with Crippen molar-refractivity contribution < 1.29 is 93.8 Å². The minimum Gasteiger partial charge on any atom is -2.00 e. The minimum absolute atomic E-state index is 0. The van der Waals surface area contributed by atoms with E-state index in [9.17, 15) is 0 Å². The molecule has 0 spiro atoms. The van der Waals surface area contributed by atoms with Gasteiger partial charge in [0.15, 0.2) is 24.8 Å². The Morgan fingerprint density at radius 3 is 1.00 bits per heavy atom. The molecule has 0 bridgehead atoms. The van der Waals surface area contributed by atoms with Crippen LogP contribution in [0.5, 0.6) is 0 Å². The summed E-state index contributed by atoms with van der Waals surface area (Å²) in [5.41, 5.74) is 3.94. The standard InChI is InChI=1S/C22H18N2.8O.2Re/c1-23-14-10-19(11-15-23)6-8-21-4-3-5-22(18-21)9-7-20-12-16-24(2)17-13-20;;;;;;;;;;/h3-5,10-18H,1-2H3;;;;;;;;;;/q+2;8*-2;;. The van der Waals surface area contributed by atoms with Crippen molar-refractivity contribution >= 4 is 0 Å². The Morgan fingerprint density at radius 1 is 0.441 bits per heavy atom. The SMILES string of the molecule is C[n+]1ccc(C#Cc2cccc(C#Cc3cc[n+](C)cc3)c2)cc1.[O-2].[O-2].[O-2].[O-2].[O-2].[O-2].[O-2].[O-2].[Re].[Re]. The van der Waals surface area contributed by atoms with Gasteiger partial charge in [0, 0.05) is 87.4 Å². The molecule has 34 heavy (non-hydrogen) atoms. The fraction of sp³-hybridized carbons (Fsp3) is 0.0909. The first-order chi connectivity index (χ1) is 11.7. The average Bonchev–Trinajstić information content (AvgIpc) is 2.61. The molecule has 10 nitrogen and oxygen atoms in total. The van der Waals surface area contributed by atoms with Gasteiger partial charge in [-0.05, 0) is 18.2 Å². The van der Waals surface area contributed by atoms with Crippen molar-refractivity contribution in [2.24, 2.45) is 14.1 Å². The number of aryl methyl sites for hydroxylation is 2. The Hall–Kier alpha value is -2.36. The number of hydrogen-bond donors (Lipinski definition) is 0. The first-order valence-corrected chi connectivity index (χ1v) is 7.74. The van der Waals surface area contributed by atoms with Crippen molar-refractivity contribution in [3.8, 4) is 23.7 Å². The van der Waals surface area contributed by atoms with E-state index >= 15 is 0 Å². The van der Waals surface area contributed by atoms with Crippen LogP contribution in [0.25, 0.3) is 0 Å². The van der Waals surface area contributed by atoms with E-state index in [1.165, 1.54) is 0 Å². The van der Waals surface area contributed by atoms with Crippen LogP contribution in [0.3, 0.4) is 0 Å². The Morgan fingerprint density at radius 2 is 0.706 bits per heavy atom. The van der Waals surface area contributed by atoms with Crippen LogP contribution in [0.4, 0.5) is 0 Å². The van der Waals surface area contributed by atoms with Crippen LogP contribution in [0.1, 0.15) is 22.3 Å². The number of hydrogen-bond acceptors (Lipinski definition) is 0. The third kappa shape index (κ3) is 17.2. The molecule has 0 aliphatic carbocycles. The summed E-state index contributed by atoms with van der Waals surface area (Å²) in [5.74, 6) is 12.8. The smallest absolute Gasteiger partial charge is 0.169 e. The maximum atomic E-state index is 3.20. The Kier molecular flexibility index (Phi) is 42.0. The largest absolute Gasteiger partial charge is 2.00 e. The van der Waals surface area contributed by atoms with Crippen LogP contribution in [-0.4, -0.2) is 0 Å². The van der Waals surface area contributed by atoms with Gasteiger partial charge in [0.25, 0.3) is 0 Å². The number of aromatic nitrogens is 2. The quantitative estimate of drug-likeness (QED) is 0.230. The molecule has 0 unspecified atom stereocenters. The molecule has 3 aromatic rings. The molecule has 0 aliphatic heterocycles. The summed E-state index contributed by atoms with van der Waals surface area (Å²) in [7, 11) is 3.98. The van der Waals surface area contributed by atoms with Gasteiger partial charge in [-0.15, -0.1) is 0 Å². The molecule has 3 rings (SSSR count). The molecule has 0 N–H and O–H groups in total. The van der Waals surface area contributed by atoms with Gasteiger partial charge in [0.1, 0.15) is 14.1 Å². The van der Waals surface area contributed by atoms with Crippen molar-refractivity contribution in [1.82, 2.24) is 0 Å². The maximum absolute atomic E-state index is 3.20. The molecule has 0 aliphatic rings. The zero-order valence-electron chi connectivity index (χ0n) is 17.8. The summed E-state index contributed by atoms with van der Waals surface area (Å²) in [5, 5.41) is 0. The van der Waals surface area contributed by atoms with Crippen molar-refractivity contribution in [3.63, 3.8) is 0 Å². The van der Waals surface area contributed by atoms with Gasteiger partial charge in [0.05, 0.1) is 0 Å². The zero-order chi connectivity index (χ0) is 16.8. The average molecular weight is 811 g/mol. The van der Waals surface area contributed by atoms with Gasteiger partial charge < -0.3 is 43.8 Å². The minimum atomic E-state index is 0. The Balaban J connectivity index is -0.000000113. The second-order valence-corrected chi connectivity index (χ2v) is 5.59. The van der Waals surface area contributed by atoms with Crippen molar-refractivity contribution in [3.05, 3.63) is 95.6 Å². The van der Waals surface area contributed by atoms with Crippen LogP contribution in [0, 0.1) is 23.7 Å². The summed E-state index contributed by atoms with van der Waals surface area (Å²) in [6.07, 6.45) is 7.97. The molecule has 192 valence electrons. The summed E-state index contributed by atoms with van der Waals surface area (Å²) in [6.45, 7) is 0. The molecule has 12 heteroatoms. The van der Waals surface area contributed by atoms with Crippen molar-refractivity contribution in [2.45, 2.75) is 0 Å². The van der Waals surface area contributed by atoms with E-state index in [0.29, 0.717) is 0 Å². The molecule has 0 saturated carbocycles. The molecule has 0 saturated heterocycles. The molecule has 2 heterocycles. The Labute approximate surface area is 226 Å². The van der Waals surface area contributed by atoms with Crippen LogP contribution in [-0.2, 0) is 98.8 Å². The molecular weight excluding hydrogens is 793 g/mol. The first kappa shape index (κ1) is 53.2. The third-order valence-corrected chi connectivity index (χ3v) is 3.52.